The molecule has 4 heterocycles. The number of aromatic nitrogens is 3. The molecule has 0 fully saturated rings. The van der Waals surface area contributed by atoms with Crippen molar-refractivity contribution in [2.45, 2.75) is 0 Å². The minimum absolute atomic E-state index is 0.561. The van der Waals surface area contributed by atoms with E-state index in [0.29, 0.717) is 17.5 Å². The van der Waals surface area contributed by atoms with Crippen molar-refractivity contribution in [2.75, 3.05) is 0 Å². The molecule has 4 aromatic heterocycles. The Morgan fingerprint density at radius 2 is 0.425 bits per heavy atom. The van der Waals surface area contributed by atoms with Gasteiger partial charge in [-0.05, 0) is 136 Å². The summed E-state index contributed by atoms with van der Waals surface area (Å²) in [5, 5.41) is 20.6. The number of hydrogen-bond donors (Lipinski definition) is 0. The number of nitrogens with zero attached hydrogens (tertiary/aromatic N) is 3. The molecule has 0 aliphatic carbocycles. The van der Waals surface area contributed by atoms with Gasteiger partial charge in [-0.3, -0.25) is 0 Å². The van der Waals surface area contributed by atoms with Gasteiger partial charge in [-0.2, -0.15) is 0 Å². The molecule has 87 heavy (non-hydrogen) atoms. The molecule has 19 aromatic rings. The Hall–Kier alpha value is -11.7. The van der Waals surface area contributed by atoms with E-state index in [2.05, 4.69) is 273 Å². The SMILES string of the molecule is c1ccc2cc3c(cc2c1)oc1c(-c2ccc(-c4nc(-c5ccc(-c6cc7ccccc7c7c6oc6cc8ccccc8cc67)cc5)nc(-c5ccc(-c6cc7ccccc7c7c6oc6cc8ccccc8cc67)cc5)n4)cc2)cc2ccccc2c13. The molecule has 0 bridgehead atoms. The smallest absolute Gasteiger partial charge is 0.164 e. The lowest BCUT2D eigenvalue weighted by molar-refractivity contribution is 0.670. The molecule has 0 saturated carbocycles. The topological polar surface area (TPSA) is 78.1 Å². The third kappa shape index (κ3) is 7.44. The molecule has 0 aliphatic rings. The van der Waals surface area contributed by atoms with E-state index in [1.807, 2.05) is 0 Å². The van der Waals surface area contributed by atoms with Gasteiger partial charge in [0.05, 0.1) is 0 Å². The standard InChI is InChI=1S/C81H45N3O3/c1-4-16-55-43-70-67(37-52(55)13-1)73-61-22-10-7-19-58(61)40-64(76(73)85-70)46-25-31-49(32-26-46)79-82-80(50-33-27-47(28-34-50)65-41-59-20-8-11-23-62(59)74-68-38-53-14-2-5-17-56(53)44-71(68)86-77(65)74)84-81(83-79)51-35-29-48(30-36-51)66-42-60-21-9-12-24-63(60)75-69-39-54-15-3-6-18-57(54)45-72(69)87-78(66)75/h1-45H. The van der Waals surface area contributed by atoms with Gasteiger partial charge in [-0.15, -0.1) is 0 Å². The second-order valence-electron chi connectivity index (χ2n) is 23.0. The predicted octanol–water partition coefficient (Wildman–Crippen LogP) is 22.5. The molecule has 0 aliphatic heterocycles. The zero-order valence-electron chi connectivity index (χ0n) is 46.5. The van der Waals surface area contributed by atoms with Crippen LogP contribution in [-0.2, 0) is 0 Å². The lowest BCUT2D eigenvalue weighted by atomic mass is 9.95. The van der Waals surface area contributed by atoms with E-state index in [1.54, 1.807) is 0 Å². The van der Waals surface area contributed by atoms with Crippen LogP contribution in [0.1, 0.15) is 0 Å². The van der Waals surface area contributed by atoms with Crippen molar-refractivity contribution < 1.29 is 13.3 Å². The van der Waals surface area contributed by atoms with Crippen LogP contribution in [-0.4, -0.2) is 15.0 Å². The first-order valence-corrected chi connectivity index (χ1v) is 29.4. The highest BCUT2D eigenvalue weighted by molar-refractivity contribution is 6.27. The Morgan fingerprint density at radius 3 is 0.701 bits per heavy atom. The highest BCUT2D eigenvalue weighted by atomic mass is 16.3. The fourth-order valence-electron chi connectivity index (χ4n) is 13.7. The van der Waals surface area contributed by atoms with Gasteiger partial charge in [0.1, 0.15) is 33.5 Å². The monoisotopic (exact) mass is 1110 g/mol. The normalized spacial score (nSPS) is 12.1. The molecule has 402 valence electrons. The van der Waals surface area contributed by atoms with Crippen molar-refractivity contribution in [3.8, 4) is 67.5 Å². The maximum absolute atomic E-state index is 6.86. The Kier molecular flexibility index (Phi) is 10.1. The summed E-state index contributed by atoms with van der Waals surface area (Å²) in [4.78, 5) is 15.9. The molecule has 6 heteroatoms. The fraction of sp³-hybridized carbons (Fsp3) is 0. The van der Waals surface area contributed by atoms with Crippen molar-refractivity contribution >= 4 is 130 Å². The van der Waals surface area contributed by atoms with E-state index in [9.17, 15) is 0 Å². The summed E-state index contributed by atoms with van der Waals surface area (Å²) in [6.45, 7) is 0. The van der Waals surface area contributed by atoms with Crippen LogP contribution in [0.15, 0.2) is 286 Å². The molecule has 15 aromatic carbocycles. The Balaban J connectivity index is 0.751. The number of fused-ring (bicyclic) bond motifs is 18. The molecule has 0 radical (unpaired) electrons. The van der Waals surface area contributed by atoms with Crippen LogP contribution in [0.5, 0.6) is 0 Å². The first-order chi connectivity index (χ1) is 43.0. The van der Waals surface area contributed by atoms with Crippen LogP contribution >= 0.6 is 0 Å². The molecule has 19 rings (SSSR count). The molecule has 0 amide bonds. The molecule has 0 unspecified atom stereocenters. The Bertz CT molecular complexity index is 5500. The van der Waals surface area contributed by atoms with Gasteiger partial charge in [0.15, 0.2) is 17.5 Å². The molecule has 0 atom stereocenters. The minimum Gasteiger partial charge on any atom is -0.455 e. The third-order valence-corrected chi connectivity index (χ3v) is 18.0. The molecular formula is C81H45N3O3. The van der Waals surface area contributed by atoms with E-state index in [1.165, 1.54) is 16.2 Å². The van der Waals surface area contributed by atoms with E-state index < -0.39 is 0 Å². The van der Waals surface area contributed by atoms with E-state index in [-0.39, 0.29) is 0 Å². The van der Waals surface area contributed by atoms with E-state index in [0.717, 1.165) is 164 Å². The van der Waals surface area contributed by atoms with Crippen LogP contribution in [0.2, 0.25) is 0 Å². The van der Waals surface area contributed by atoms with Crippen LogP contribution < -0.4 is 0 Å². The second-order valence-corrected chi connectivity index (χ2v) is 23.0. The van der Waals surface area contributed by atoms with Gasteiger partial charge in [0, 0.05) is 65.7 Å². The molecule has 0 spiro atoms. The molecular weight excluding hydrogens is 1060 g/mol. The first-order valence-electron chi connectivity index (χ1n) is 29.4. The lowest BCUT2D eigenvalue weighted by Gasteiger charge is -2.11. The van der Waals surface area contributed by atoms with Crippen molar-refractivity contribution in [2.24, 2.45) is 0 Å². The van der Waals surface area contributed by atoms with E-state index in [4.69, 9.17) is 28.2 Å². The average Bonchev–Trinajstić information content (AvgIpc) is 3.56. The van der Waals surface area contributed by atoms with E-state index >= 15 is 0 Å². The summed E-state index contributed by atoms with van der Waals surface area (Å²) in [6.07, 6.45) is 0. The first kappa shape index (κ1) is 47.7. The van der Waals surface area contributed by atoms with Crippen molar-refractivity contribution in [1.82, 2.24) is 15.0 Å². The number of benzene rings is 15. The second kappa shape index (κ2) is 18.4. The quantitative estimate of drug-likeness (QED) is 0.165. The van der Waals surface area contributed by atoms with Gasteiger partial charge < -0.3 is 13.3 Å². The summed E-state index contributed by atoms with van der Waals surface area (Å²) in [6, 6.07) is 96.9. The minimum atomic E-state index is 0.561. The largest absolute Gasteiger partial charge is 0.455 e. The number of furan rings is 3. The molecule has 6 nitrogen and oxygen atoms in total. The van der Waals surface area contributed by atoms with Crippen LogP contribution in [0.25, 0.3) is 198 Å². The highest BCUT2D eigenvalue weighted by Crippen LogP contribution is 2.46. The number of rotatable bonds is 6. The third-order valence-electron chi connectivity index (χ3n) is 18.0. The summed E-state index contributed by atoms with van der Waals surface area (Å²) in [5.74, 6) is 1.68. The van der Waals surface area contributed by atoms with Crippen LogP contribution in [0, 0.1) is 0 Å². The maximum Gasteiger partial charge on any atom is 0.164 e. The summed E-state index contributed by atoms with van der Waals surface area (Å²) in [7, 11) is 0. The lowest BCUT2D eigenvalue weighted by Crippen LogP contribution is -2.00. The molecule has 0 N–H and O–H groups in total. The Labute approximate surface area is 496 Å². The van der Waals surface area contributed by atoms with Gasteiger partial charge >= 0.3 is 0 Å². The molecule has 0 saturated heterocycles. The summed E-state index contributed by atoms with van der Waals surface area (Å²) < 4.78 is 20.6. The van der Waals surface area contributed by atoms with Gasteiger partial charge in [0.2, 0.25) is 0 Å². The Morgan fingerprint density at radius 1 is 0.195 bits per heavy atom. The van der Waals surface area contributed by atoms with Gasteiger partial charge in [-0.1, -0.05) is 218 Å². The maximum atomic E-state index is 6.86. The zero-order valence-corrected chi connectivity index (χ0v) is 46.5. The fourth-order valence-corrected chi connectivity index (χ4v) is 13.7. The van der Waals surface area contributed by atoms with Gasteiger partial charge in [0.25, 0.3) is 0 Å². The van der Waals surface area contributed by atoms with Gasteiger partial charge in [-0.25, -0.2) is 15.0 Å². The summed E-state index contributed by atoms with van der Waals surface area (Å²) in [5.41, 5.74) is 13.9. The predicted molar refractivity (Wildman–Crippen MR) is 359 cm³/mol. The van der Waals surface area contributed by atoms with Crippen LogP contribution in [0.4, 0.5) is 0 Å². The number of hydrogen-bond acceptors (Lipinski definition) is 6. The highest BCUT2D eigenvalue weighted by Gasteiger charge is 2.22. The van der Waals surface area contributed by atoms with Crippen molar-refractivity contribution in [1.29, 1.82) is 0 Å². The van der Waals surface area contributed by atoms with Crippen molar-refractivity contribution in [3.05, 3.63) is 273 Å². The van der Waals surface area contributed by atoms with Crippen LogP contribution in [0.3, 0.4) is 0 Å². The average molecular weight is 1110 g/mol. The summed E-state index contributed by atoms with van der Waals surface area (Å²) >= 11 is 0. The zero-order chi connectivity index (χ0) is 56.8. The van der Waals surface area contributed by atoms with Crippen molar-refractivity contribution in [3.63, 3.8) is 0 Å².